The maximum Gasteiger partial charge on any atom is 0.137 e. The third-order valence-electron chi connectivity index (χ3n) is 3.56. The van der Waals surface area contributed by atoms with Crippen molar-refractivity contribution in [3.63, 3.8) is 0 Å². The lowest BCUT2D eigenvalue weighted by Gasteiger charge is -2.25. The molecule has 4 nitrogen and oxygen atoms in total. The molecule has 1 aromatic carbocycles. The van der Waals surface area contributed by atoms with E-state index in [2.05, 4.69) is 58.3 Å². The van der Waals surface area contributed by atoms with Gasteiger partial charge in [0.15, 0.2) is 0 Å². The molecule has 1 heterocycles. The summed E-state index contributed by atoms with van der Waals surface area (Å²) >= 11 is 0. The van der Waals surface area contributed by atoms with E-state index in [4.69, 9.17) is 0 Å². The minimum absolute atomic E-state index is 0.869. The molecule has 0 aliphatic rings. The monoisotopic (exact) mass is 284 g/mol. The molecule has 0 aliphatic carbocycles. The van der Waals surface area contributed by atoms with Crippen molar-refractivity contribution in [3.8, 4) is 0 Å². The van der Waals surface area contributed by atoms with E-state index >= 15 is 0 Å². The zero-order valence-corrected chi connectivity index (χ0v) is 13.1. The number of nitrogens with zero attached hydrogens (tertiary/aromatic N) is 3. The molecule has 2 rings (SSSR count). The summed E-state index contributed by atoms with van der Waals surface area (Å²) in [6.07, 6.45) is 3.71. The third-order valence-corrected chi connectivity index (χ3v) is 3.56. The van der Waals surface area contributed by atoms with E-state index in [0.29, 0.717) is 0 Å². The van der Waals surface area contributed by atoms with Gasteiger partial charge in [-0.2, -0.15) is 0 Å². The summed E-state index contributed by atoms with van der Waals surface area (Å²) in [5, 5.41) is 3.19. The van der Waals surface area contributed by atoms with Crippen LogP contribution < -0.4 is 10.2 Å². The quantitative estimate of drug-likeness (QED) is 0.845. The van der Waals surface area contributed by atoms with Gasteiger partial charge in [0, 0.05) is 25.7 Å². The van der Waals surface area contributed by atoms with Gasteiger partial charge in [-0.25, -0.2) is 9.97 Å². The van der Waals surface area contributed by atoms with Crippen molar-refractivity contribution >= 4 is 11.6 Å². The van der Waals surface area contributed by atoms with Crippen LogP contribution in [0.15, 0.2) is 36.7 Å². The molecule has 0 saturated heterocycles. The van der Waals surface area contributed by atoms with Gasteiger partial charge in [-0.1, -0.05) is 43.7 Å². The highest BCUT2D eigenvalue weighted by molar-refractivity contribution is 5.58. The molecule has 21 heavy (non-hydrogen) atoms. The minimum Gasteiger partial charge on any atom is -0.373 e. The van der Waals surface area contributed by atoms with E-state index in [1.807, 2.05) is 13.1 Å². The number of anilines is 2. The van der Waals surface area contributed by atoms with Crippen LogP contribution in [-0.4, -0.2) is 23.6 Å². The Bertz CT molecular complexity index is 554. The molecular formula is C17H24N4. The molecule has 0 saturated carbocycles. The lowest BCUT2D eigenvalue weighted by atomic mass is 10.1. The van der Waals surface area contributed by atoms with Crippen LogP contribution in [0.2, 0.25) is 0 Å². The van der Waals surface area contributed by atoms with Gasteiger partial charge in [0.05, 0.1) is 0 Å². The first-order valence-corrected chi connectivity index (χ1v) is 7.60. The molecular weight excluding hydrogens is 260 g/mol. The molecule has 1 N–H and O–H groups in total. The molecule has 0 radical (unpaired) electrons. The highest BCUT2D eigenvalue weighted by atomic mass is 15.2. The van der Waals surface area contributed by atoms with Crippen molar-refractivity contribution in [1.29, 1.82) is 0 Å². The Balaban J connectivity index is 2.33. The van der Waals surface area contributed by atoms with Gasteiger partial charge in [-0.3, -0.25) is 0 Å². The lowest BCUT2D eigenvalue weighted by molar-refractivity contribution is 0.789. The molecule has 1 aromatic heterocycles. The number of aromatic nitrogens is 2. The van der Waals surface area contributed by atoms with Crippen LogP contribution >= 0.6 is 0 Å². The zero-order chi connectivity index (χ0) is 15.1. The lowest BCUT2D eigenvalue weighted by Crippen LogP contribution is -2.25. The summed E-state index contributed by atoms with van der Waals surface area (Å²) in [6.45, 7) is 6.14. The maximum atomic E-state index is 4.55. The van der Waals surface area contributed by atoms with E-state index in [0.717, 1.165) is 37.6 Å². The molecule has 112 valence electrons. The van der Waals surface area contributed by atoms with Crippen molar-refractivity contribution in [3.05, 3.63) is 47.8 Å². The van der Waals surface area contributed by atoms with E-state index < -0.39 is 0 Å². The van der Waals surface area contributed by atoms with Crippen LogP contribution in [0.1, 0.15) is 31.4 Å². The first-order valence-electron chi connectivity index (χ1n) is 7.60. The van der Waals surface area contributed by atoms with Crippen LogP contribution in [0, 0.1) is 0 Å². The third kappa shape index (κ3) is 3.72. The van der Waals surface area contributed by atoms with Crippen LogP contribution in [0.3, 0.4) is 0 Å². The number of benzene rings is 1. The van der Waals surface area contributed by atoms with Gasteiger partial charge in [0.1, 0.15) is 18.0 Å². The summed E-state index contributed by atoms with van der Waals surface area (Å²) in [5.41, 5.74) is 2.51. The average molecular weight is 284 g/mol. The number of nitrogens with one attached hydrogen (secondary N) is 1. The zero-order valence-electron chi connectivity index (χ0n) is 13.1. The molecule has 2 aromatic rings. The van der Waals surface area contributed by atoms with E-state index in [1.165, 1.54) is 11.1 Å². The molecule has 0 bridgehead atoms. The van der Waals surface area contributed by atoms with Gasteiger partial charge in [-0.05, 0) is 18.9 Å². The van der Waals surface area contributed by atoms with Crippen molar-refractivity contribution in [2.24, 2.45) is 0 Å². The van der Waals surface area contributed by atoms with E-state index in [1.54, 1.807) is 6.33 Å². The van der Waals surface area contributed by atoms with Crippen LogP contribution in [-0.2, 0) is 13.0 Å². The Labute approximate surface area is 127 Å². The predicted molar refractivity (Wildman–Crippen MR) is 88.7 cm³/mol. The minimum atomic E-state index is 0.869. The molecule has 0 spiro atoms. The van der Waals surface area contributed by atoms with Crippen LogP contribution in [0.4, 0.5) is 11.6 Å². The second-order valence-electron chi connectivity index (χ2n) is 5.02. The second kappa shape index (κ2) is 7.62. The van der Waals surface area contributed by atoms with Gasteiger partial charge >= 0.3 is 0 Å². The Morgan fingerprint density at radius 2 is 1.86 bits per heavy atom. The van der Waals surface area contributed by atoms with E-state index in [-0.39, 0.29) is 0 Å². The molecule has 4 heteroatoms. The Morgan fingerprint density at radius 3 is 2.48 bits per heavy atom. The van der Waals surface area contributed by atoms with Gasteiger partial charge in [0.2, 0.25) is 0 Å². The van der Waals surface area contributed by atoms with Gasteiger partial charge < -0.3 is 10.2 Å². The summed E-state index contributed by atoms with van der Waals surface area (Å²) in [5.74, 6) is 1.98. The SMILES string of the molecule is CCCc1c(NC)ncnc1N(CC)Cc1ccccc1. The fraction of sp³-hybridized carbons (Fsp3) is 0.412. The Morgan fingerprint density at radius 1 is 1.10 bits per heavy atom. The normalized spacial score (nSPS) is 10.4. The molecule has 0 fully saturated rings. The highest BCUT2D eigenvalue weighted by Crippen LogP contribution is 2.25. The number of hydrogen-bond acceptors (Lipinski definition) is 4. The first kappa shape index (κ1) is 15.3. The topological polar surface area (TPSA) is 41.1 Å². The Hall–Kier alpha value is -2.10. The fourth-order valence-corrected chi connectivity index (χ4v) is 2.51. The van der Waals surface area contributed by atoms with Crippen LogP contribution in [0.5, 0.6) is 0 Å². The number of hydrogen-bond donors (Lipinski definition) is 1. The standard InChI is InChI=1S/C17H24N4/c1-4-9-15-16(18-3)19-13-20-17(15)21(5-2)12-14-10-7-6-8-11-14/h6-8,10-11,13H,4-5,9,12H2,1-3H3,(H,18,19,20). The average Bonchev–Trinajstić information content (AvgIpc) is 2.54. The maximum absolute atomic E-state index is 4.55. The van der Waals surface area contributed by atoms with Crippen molar-refractivity contribution in [2.75, 3.05) is 23.8 Å². The first-order chi connectivity index (χ1) is 10.3. The largest absolute Gasteiger partial charge is 0.373 e. The van der Waals surface area contributed by atoms with Crippen molar-refractivity contribution < 1.29 is 0 Å². The molecule has 0 aliphatic heterocycles. The smallest absolute Gasteiger partial charge is 0.137 e. The van der Waals surface area contributed by atoms with Gasteiger partial charge in [0.25, 0.3) is 0 Å². The van der Waals surface area contributed by atoms with Crippen molar-refractivity contribution in [2.45, 2.75) is 33.2 Å². The summed E-state index contributed by atoms with van der Waals surface area (Å²) in [4.78, 5) is 11.2. The molecule has 0 unspecified atom stereocenters. The Kier molecular flexibility index (Phi) is 5.55. The molecule has 0 atom stereocenters. The second-order valence-corrected chi connectivity index (χ2v) is 5.02. The van der Waals surface area contributed by atoms with Gasteiger partial charge in [-0.15, -0.1) is 0 Å². The predicted octanol–water partition coefficient (Wildman–Crippen LogP) is 3.50. The molecule has 0 amide bonds. The number of rotatable bonds is 7. The summed E-state index contributed by atoms with van der Waals surface area (Å²) in [7, 11) is 1.92. The summed E-state index contributed by atoms with van der Waals surface area (Å²) in [6, 6.07) is 10.5. The fourth-order valence-electron chi connectivity index (χ4n) is 2.51. The highest BCUT2D eigenvalue weighted by Gasteiger charge is 2.15. The summed E-state index contributed by atoms with van der Waals surface area (Å²) < 4.78 is 0. The van der Waals surface area contributed by atoms with E-state index in [9.17, 15) is 0 Å². The van der Waals surface area contributed by atoms with Crippen molar-refractivity contribution in [1.82, 2.24) is 9.97 Å². The van der Waals surface area contributed by atoms with Crippen LogP contribution in [0.25, 0.3) is 0 Å².